The molecule has 1 saturated heterocycles. The van der Waals surface area contributed by atoms with Crippen LogP contribution < -0.4 is 10.6 Å². The zero-order valence-electron chi connectivity index (χ0n) is 22.4. The van der Waals surface area contributed by atoms with E-state index in [9.17, 15) is 28.0 Å². The highest BCUT2D eigenvalue weighted by molar-refractivity contribution is 7.91. The van der Waals surface area contributed by atoms with E-state index in [1.54, 1.807) is 6.92 Å². The monoisotopic (exact) mass is 538 g/mol. The molecule has 10 nitrogen and oxygen atoms in total. The van der Waals surface area contributed by atoms with E-state index in [1.165, 1.54) is 0 Å². The Bertz CT molecular complexity index is 982. The first kappa shape index (κ1) is 30.7. The zero-order chi connectivity index (χ0) is 27.6. The van der Waals surface area contributed by atoms with Gasteiger partial charge in [-0.2, -0.15) is 0 Å². The number of nitrogens with zero attached hydrogens (tertiary/aromatic N) is 2. The fraction of sp³-hybridized carbons (Fsp3) is 0.654. The van der Waals surface area contributed by atoms with E-state index in [-0.39, 0.29) is 23.8 Å². The Kier molecular flexibility index (Phi) is 11.5. The molecule has 1 fully saturated rings. The highest BCUT2D eigenvalue weighted by atomic mass is 32.2. The number of carbonyl (C=O) groups is 3. The molecule has 0 saturated carbocycles. The van der Waals surface area contributed by atoms with Gasteiger partial charge in [0.05, 0.1) is 23.5 Å². The molecular formula is C26H42N4O6S. The van der Waals surface area contributed by atoms with Crippen molar-refractivity contribution in [1.29, 1.82) is 0 Å². The minimum atomic E-state index is -2.97. The van der Waals surface area contributed by atoms with Gasteiger partial charge in [-0.1, -0.05) is 51.1 Å². The molecule has 0 radical (unpaired) electrons. The molecule has 11 heteroatoms. The van der Waals surface area contributed by atoms with Crippen LogP contribution in [-0.4, -0.2) is 91.6 Å². The molecule has 1 aliphatic rings. The number of rotatable bonds is 13. The van der Waals surface area contributed by atoms with Crippen molar-refractivity contribution in [1.82, 2.24) is 20.6 Å². The molecule has 1 aliphatic heterocycles. The van der Waals surface area contributed by atoms with E-state index < -0.39 is 39.2 Å². The maximum atomic E-state index is 13.4. The molecule has 1 heterocycles. The average molecular weight is 539 g/mol. The molecule has 37 heavy (non-hydrogen) atoms. The van der Waals surface area contributed by atoms with Crippen LogP contribution in [0.4, 0.5) is 0 Å². The second kappa shape index (κ2) is 13.9. The lowest BCUT2D eigenvalue weighted by Crippen LogP contribution is -2.57. The van der Waals surface area contributed by atoms with E-state index in [2.05, 4.69) is 10.6 Å². The third kappa shape index (κ3) is 10.1. The van der Waals surface area contributed by atoms with Crippen molar-refractivity contribution in [2.45, 2.75) is 59.0 Å². The predicted octanol–water partition coefficient (Wildman–Crippen LogP) is 1.24. The average Bonchev–Trinajstić information content (AvgIpc) is 2.85. The van der Waals surface area contributed by atoms with Gasteiger partial charge < -0.3 is 10.6 Å². The fourth-order valence-electron chi connectivity index (χ4n) is 4.38. The zero-order valence-corrected chi connectivity index (χ0v) is 23.2. The van der Waals surface area contributed by atoms with Gasteiger partial charge in [-0.3, -0.25) is 24.5 Å². The Morgan fingerprint density at radius 2 is 1.76 bits per heavy atom. The standard InChI is InChI=1S/C26H42N4O6S/c1-20(30(34)19-31)22(12-8-11-21-9-6-5-7-10-21)24(32)28-23(26(2,3)4)25(33)27-13-14-29-15-17-37(35,36)18-16-29/h5-7,9-10,19-20,22-23,34H,8,11-18H2,1-4H3,(H,27,33)(H,28,32). The van der Waals surface area contributed by atoms with Crippen LogP contribution in [0.25, 0.3) is 0 Å². The molecule has 3 amide bonds. The molecule has 3 atom stereocenters. The van der Waals surface area contributed by atoms with Crippen LogP contribution in [-0.2, 0) is 30.6 Å². The SMILES string of the molecule is CC(C(CCCc1ccccc1)C(=O)NC(C(=O)NCCN1CCS(=O)(=O)CC1)C(C)(C)C)N(O)C=O. The van der Waals surface area contributed by atoms with Crippen LogP contribution >= 0.6 is 0 Å². The van der Waals surface area contributed by atoms with Crippen LogP contribution in [0, 0.1) is 11.3 Å². The first-order valence-electron chi connectivity index (χ1n) is 12.8. The Morgan fingerprint density at radius 1 is 1.14 bits per heavy atom. The molecule has 1 aromatic rings. The predicted molar refractivity (Wildman–Crippen MR) is 142 cm³/mol. The van der Waals surface area contributed by atoms with Crippen LogP contribution in [0.2, 0.25) is 0 Å². The van der Waals surface area contributed by atoms with Crippen LogP contribution in [0.1, 0.15) is 46.1 Å². The van der Waals surface area contributed by atoms with Gasteiger partial charge in [0.25, 0.3) is 0 Å². The second-order valence-electron chi connectivity index (χ2n) is 10.8. The quantitative estimate of drug-likeness (QED) is 0.195. The lowest BCUT2D eigenvalue weighted by molar-refractivity contribution is -0.166. The van der Waals surface area contributed by atoms with Crippen LogP contribution in [0.5, 0.6) is 0 Å². The van der Waals surface area contributed by atoms with Gasteiger partial charge in [-0.05, 0) is 37.2 Å². The van der Waals surface area contributed by atoms with Crippen LogP contribution in [0.3, 0.4) is 0 Å². The number of nitrogens with one attached hydrogen (secondary N) is 2. The van der Waals surface area contributed by atoms with E-state index in [4.69, 9.17) is 0 Å². The number of hydroxylamine groups is 2. The molecule has 3 N–H and O–H groups in total. The fourth-order valence-corrected chi connectivity index (χ4v) is 5.66. The lowest BCUT2D eigenvalue weighted by Gasteiger charge is -2.34. The van der Waals surface area contributed by atoms with Crippen molar-refractivity contribution < 1.29 is 28.0 Å². The van der Waals surface area contributed by atoms with Gasteiger partial charge in [0, 0.05) is 26.2 Å². The number of benzene rings is 1. The molecule has 3 unspecified atom stereocenters. The van der Waals surface area contributed by atoms with Gasteiger partial charge in [-0.15, -0.1) is 0 Å². The highest BCUT2D eigenvalue weighted by Gasteiger charge is 2.36. The lowest BCUT2D eigenvalue weighted by atomic mass is 9.84. The van der Waals surface area contributed by atoms with Crippen molar-refractivity contribution in [3.63, 3.8) is 0 Å². The maximum absolute atomic E-state index is 13.4. The Labute approximate surface area is 220 Å². The summed E-state index contributed by atoms with van der Waals surface area (Å²) >= 11 is 0. The molecule has 208 valence electrons. The first-order chi connectivity index (χ1) is 17.3. The first-order valence-corrected chi connectivity index (χ1v) is 14.6. The summed E-state index contributed by atoms with van der Waals surface area (Å²) in [7, 11) is -2.97. The summed E-state index contributed by atoms with van der Waals surface area (Å²) in [6.45, 7) is 8.88. The smallest absolute Gasteiger partial charge is 0.243 e. The maximum Gasteiger partial charge on any atom is 0.243 e. The molecule has 0 bridgehead atoms. The highest BCUT2D eigenvalue weighted by Crippen LogP contribution is 2.23. The van der Waals surface area contributed by atoms with Crippen LogP contribution in [0.15, 0.2) is 30.3 Å². The molecule has 0 aliphatic carbocycles. The summed E-state index contributed by atoms with van der Waals surface area (Å²) in [4.78, 5) is 39.7. The number of amides is 3. The van der Waals surface area contributed by atoms with E-state index in [1.807, 2.05) is 56.0 Å². The Balaban J connectivity index is 2.01. The molecule has 2 rings (SSSR count). The van der Waals surface area contributed by atoms with Gasteiger partial charge in [0.2, 0.25) is 18.2 Å². The molecule has 0 spiro atoms. The normalized spacial score (nSPS) is 18.3. The number of sulfone groups is 1. The van der Waals surface area contributed by atoms with Crippen molar-refractivity contribution in [3.8, 4) is 0 Å². The summed E-state index contributed by atoms with van der Waals surface area (Å²) in [5, 5.41) is 16.2. The van der Waals surface area contributed by atoms with Gasteiger partial charge in [0.15, 0.2) is 9.84 Å². The summed E-state index contributed by atoms with van der Waals surface area (Å²) < 4.78 is 23.2. The number of hydrogen-bond donors (Lipinski definition) is 3. The summed E-state index contributed by atoms with van der Waals surface area (Å²) in [5.74, 6) is -1.22. The van der Waals surface area contributed by atoms with Crippen molar-refractivity contribution in [2.24, 2.45) is 11.3 Å². The van der Waals surface area contributed by atoms with E-state index in [0.29, 0.717) is 44.1 Å². The Morgan fingerprint density at radius 3 is 2.32 bits per heavy atom. The van der Waals surface area contributed by atoms with Crippen molar-refractivity contribution in [2.75, 3.05) is 37.7 Å². The second-order valence-corrected chi connectivity index (χ2v) is 13.1. The molecule has 1 aromatic carbocycles. The third-order valence-electron chi connectivity index (χ3n) is 6.85. The molecular weight excluding hydrogens is 496 g/mol. The minimum Gasteiger partial charge on any atom is -0.353 e. The van der Waals surface area contributed by atoms with Gasteiger partial charge >= 0.3 is 0 Å². The largest absolute Gasteiger partial charge is 0.353 e. The number of carbonyl (C=O) groups excluding carboxylic acids is 3. The number of hydrogen-bond acceptors (Lipinski definition) is 7. The van der Waals surface area contributed by atoms with Crippen molar-refractivity contribution >= 4 is 28.1 Å². The summed E-state index contributed by atoms with van der Waals surface area (Å²) in [6.07, 6.45) is 2.10. The summed E-state index contributed by atoms with van der Waals surface area (Å²) in [6, 6.07) is 8.23. The topological polar surface area (TPSA) is 136 Å². The van der Waals surface area contributed by atoms with Crippen molar-refractivity contribution in [3.05, 3.63) is 35.9 Å². The van der Waals surface area contributed by atoms with E-state index in [0.717, 1.165) is 12.0 Å². The minimum absolute atomic E-state index is 0.119. The van der Waals surface area contributed by atoms with E-state index >= 15 is 0 Å². The van der Waals surface area contributed by atoms with Gasteiger partial charge in [-0.25, -0.2) is 13.5 Å². The summed E-state index contributed by atoms with van der Waals surface area (Å²) in [5.41, 5.74) is 0.532. The third-order valence-corrected chi connectivity index (χ3v) is 8.46. The number of aryl methyl sites for hydroxylation is 1. The Hall–Kier alpha value is -2.50. The molecule has 0 aromatic heterocycles. The van der Waals surface area contributed by atoms with Gasteiger partial charge in [0.1, 0.15) is 6.04 Å².